The average molecular weight is 453 g/mol. The Kier molecular flexibility index (Phi) is 9.16. The lowest BCUT2D eigenvalue weighted by Crippen LogP contribution is -2.27. The van der Waals surface area contributed by atoms with Crippen molar-refractivity contribution in [3.63, 3.8) is 0 Å². The molecule has 0 spiro atoms. The number of ketones is 1. The Morgan fingerprint density at radius 2 is 1.52 bits per heavy atom. The van der Waals surface area contributed by atoms with Crippen LogP contribution in [0.15, 0.2) is 42.5 Å². The van der Waals surface area contributed by atoms with E-state index in [0.29, 0.717) is 17.9 Å². The van der Waals surface area contributed by atoms with Crippen LogP contribution < -0.4 is 14.2 Å². The van der Waals surface area contributed by atoms with Gasteiger partial charge in [-0.05, 0) is 108 Å². The molecule has 2 rings (SSSR count). The monoisotopic (exact) mass is 452 g/mol. The van der Waals surface area contributed by atoms with Crippen molar-refractivity contribution >= 4 is 11.9 Å². The summed E-state index contributed by atoms with van der Waals surface area (Å²) >= 11 is 0. The maximum Gasteiger partial charge on any atom is 0.185 e. The van der Waals surface area contributed by atoms with Crippen molar-refractivity contribution in [1.82, 2.24) is 0 Å². The molecule has 4 nitrogen and oxygen atoms in total. The van der Waals surface area contributed by atoms with Crippen LogP contribution in [-0.4, -0.2) is 23.6 Å². The van der Waals surface area contributed by atoms with Crippen LogP contribution in [0.3, 0.4) is 0 Å². The molecule has 0 atom stereocenters. The molecule has 0 unspecified atom stereocenters. The van der Waals surface area contributed by atoms with Gasteiger partial charge in [0.1, 0.15) is 17.0 Å². The zero-order valence-electron chi connectivity index (χ0n) is 21.6. The van der Waals surface area contributed by atoms with Gasteiger partial charge in [0.15, 0.2) is 17.3 Å². The number of rotatable bonds is 10. The van der Waals surface area contributed by atoms with Crippen molar-refractivity contribution in [3.05, 3.63) is 59.2 Å². The molecular weight excluding hydrogens is 412 g/mol. The number of allylic oxidation sites excluding steroid dienone is 1. The molecule has 180 valence electrons. The van der Waals surface area contributed by atoms with Crippen molar-refractivity contribution in [2.75, 3.05) is 6.61 Å². The maximum absolute atomic E-state index is 12.7. The van der Waals surface area contributed by atoms with Crippen LogP contribution >= 0.6 is 0 Å². The van der Waals surface area contributed by atoms with Crippen LogP contribution in [0, 0.1) is 0 Å². The molecule has 0 aliphatic rings. The van der Waals surface area contributed by atoms with Crippen molar-refractivity contribution in [1.29, 1.82) is 0 Å². The Balaban J connectivity index is 2.36. The second-order valence-electron chi connectivity index (χ2n) is 10.3. The lowest BCUT2D eigenvalue weighted by Gasteiger charge is -2.29. The maximum atomic E-state index is 12.7. The van der Waals surface area contributed by atoms with Gasteiger partial charge in [-0.3, -0.25) is 4.79 Å². The summed E-state index contributed by atoms with van der Waals surface area (Å²) in [7, 11) is 0. The van der Waals surface area contributed by atoms with Crippen molar-refractivity contribution in [3.8, 4) is 17.2 Å². The fraction of sp³-hybridized carbons (Fsp3) is 0.483. The molecule has 0 aliphatic carbocycles. The van der Waals surface area contributed by atoms with E-state index < -0.39 is 0 Å². The summed E-state index contributed by atoms with van der Waals surface area (Å²) in [6.45, 7) is 17.0. The second kappa shape index (κ2) is 11.4. The smallest absolute Gasteiger partial charge is 0.185 e. The van der Waals surface area contributed by atoms with Gasteiger partial charge in [-0.2, -0.15) is 0 Å². The number of hydrogen-bond donors (Lipinski definition) is 0. The molecule has 0 aliphatic heterocycles. The first-order chi connectivity index (χ1) is 15.4. The van der Waals surface area contributed by atoms with Gasteiger partial charge in [0.05, 0.1) is 6.61 Å². The van der Waals surface area contributed by atoms with Crippen LogP contribution in [-0.2, 0) is 6.42 Å². The Labute approximate surface area is 200 Å². The third-order valence-electron chi connectivity index (χ3n) is 4.54. The first kappa shape index (κ1) is 26.5. The summed E-state index contributed by atoms with van der Waals surface area (Å²) in [4.78, 5) is 12.7. The van der Waals surface area contributed by atoms with Gasteiger partial charge in [0.25, 0.3) is 0 Å². The number of benzene rings is 2. The predicted molar refractivity (Wildman–Crippen MR) is 137 cm³/mol. The minimum absolute atomic E-state index is 0.0533. The summed E-state index contributed by atoms with van der Waals surface area (Å²) in [6.07, 6.45) is 6.25. The number of carbonyl (C=O) groups is 1. The highest BCUT2D eigenvalue weighted by Crippen LogP contribution is 2.38. The van der Waals surface area contributed by atoms with Gasteiger partial charge >= 0.3 is 0 Å². The molecule has 0 aromatic heterocycles. The number of ether oxygens (including phenoxy) is 3. The highest BCUT2D eigenvalue weighted by Gasteiger charge is 2.23. The van der Waals surface area contributed by atoms with Crippen molar-refractivity contribution < 1.29 is 19.0 Å². The minimum atomic E-state index is -0.376. The van der Waals surface area contributed by atoms with E-state index in [-0.39, 0.29) is 17.0 Å². The van der Waals surface area contributed by atoms with Crippen LogP contribution in [0.2, 0.25) is 0 Å². The molecule has 0 saturated heterocycles. The predicted octanol–water partition coefficient (Wildman–Crippen LogP) is 7.68. The molecule has 0 saturated carbocycles. The minimum Gasteiger partial charge on any atom is -0.494 e. The number of aryl methyl sites for hydroxylation is 1. The van der Waals surface area contributed by atoms with E-state index in [9.17, 15) is 4.79 Å². The molecule has 0 fully saturated rings. The molecule has 0 heterocycles. The zero-order valence-corrected chi connectivity index (χ0v) is 21.6. The fourth-order valence-corrected chi connectivity index (χ4v) is 3.27. The summed E-state index contributed by atoms with van der Waals surface area (Å²) in [6, 6.07) is 11.3. The fourth-order valence-electron chi connectivity index (χ4n) is 3.27. The topological polar surface area (TPSA) is 44.8 Å². The molecule has 0 N–H and O–H groups in total. The van der Waals surface area contributed by atoms with Crippen molar-refractivity contribution in [2.24, 2.45) is 0 Å². The quantitative estimate of drug-likeness (QED) is 0.274. The van der Waals surface area contributed by atoms with E-state index in [1.54, 1.807) is 18.2 Å². The highest BCUT2D eigenvalue weighted by atomic mass is 16.5. The van der Waals surface area contributed by atoms with Crippen LogP contribution in [0.5, 0.6) is 17.2 Å². The van der Waals surface area contributed by atoms with Crippen LogP contribution in [0.25, 0.3) is 6.08 Å². The Morgan fingerprint density at radius 3 is 2.06 bits per heavy atom. The van der Waals surface area contributed by atoms with E-state index in [2.05, 4.69) is 19.9 Å². The number of carbonyl (C=O) groups excluding carboxylic acids is 1. The molecule has 2 aromatic rings. The molecule has 4 heteroatoms. The summed E-state index contributed by atoms with van der Waals surface area (Å²) in [5.74, 6) is 2.21. The third kappa shape index (κ3) is 8.95. The summed E-state index contributed by atoms with van der Waals surface area (Å²) in [5, 5.41) is 0. The third-order valence-corrected chi connectivity index (χ3v) is 4.54. The lowest BCUT2D eigenvalue weighted by atomic mass is 10.0. The van der Waals surface area contributed by atoms with Crippen LogP contribution in [0.1, 0.15) is 89.7 Å². The average Bonchev–Trinajstić information content (AvgIpc) is 2.71. The standard InChI is InChI=1S/C29H40O4/c1-9-11-23-19-21(20-26(32-28(3,4)5)27(23)33-29(6,7)8)12-17-25(30)22-13-15-24(16-14-22)31-18-10-2/h12-17,19-20H,9-11,18H2,1-8H3/b17-12+. The molecule has 2 aromatic carbocycles. The first-order valence-corrected chi connectivity index (χ1v) is 11.9. The molecule has 33 heavy (non-hydrogen) atoms. The Morgan fingerprint density at radius 1 is 0.879 bits per heavy atom. The van der Waals surface area contributed by atoms with Gasteiger partial charge in [-0.1, -0.05) is 26.3 Å². The van der Waals surface area contributed by atoms with E-state index in [1.165, 1.54) is 0 Å². The highest BCUT2D eigenvalue weighted by molar-refractivity contribution is 6.06. The SMILES string of the molecule is CCCOc1ccc(C(=O)/C=C/c2cc(CCC)c(OC(C)(C)C)c(OC(C)(C)C)c2)cc1. The van der Waals surface area contributed by atoms with E-state index in [1.807, 2.05) is 65.8 Å². The van der Waals surface area contributed by atoms with Gasteiger partial charge in [0, 0.05) is 5.56 Å². The van der Waals surface area contributed by atoms with E-state index in [4.69, 9.17) is 14.2 Å². The summed E-state index contributed by atoms with van der Waals surface area (Å²) < 4.78 is 18.2. The number of hydrogen-bond acceptors (Lipinski definition) is 4. The van der Waals surface area contributed by atoms with Crippen molar-refractivity contribution in [2.45, 2.75) is 85.9 Å². The Hall–Kier alpha value is -2.75. The van der Waals surface area contributed by atoms with Gasteiger partial charge in [-0.15, -0.1) is 0 Å². The zero-order chi connectivity index (χ0) is 24.6. The molecule has 0 amide bonds. The molecular formula is C29H40O4. The van der Waals surface area contributed by atoms with E-state index >= 15 is 0 Å². The lowest BCUT2D eigenvalue weighted by molar-refractivity contribution is 0.0946. The van der Waals surface area contributed by atoms with E-state index in [0.717, 1.165) is 41.9 Å². The Bertz CT molecular complexity index is 941. The largest absolute Gasteiger partial charge is 0.494 e. The molecule has 0 bridgehead atoms. The molecule has 0 radical (unpaired) electrons. The first-order valence-electron chi connectivity index (χ1n) is 11.9. The van der Waals surface area contributed by atoms with Gasteiger partial charge in [0.2, 0.25) is 0 Å². The normalized spacial score (nSPS) is 12.1. The van der Waals surface area contributed by atoms with Gasteiger partial charge in [-0.25, -0.2) is 0 Å². The summed E-state index contributed by atoms with van der Waals surface area (Å²) in [5.41, 5.74) is 1.90. The second-order valence-corrected chi connectivity index (χ2v) is 10.3. The van der Waals surface area contributed by atoms with Crippen LogP contribution in [0.4, 0.5) is 0 Å². The van der Waals surface area contributed by atoms with Gasteiger partial charge < -0.3 is 14.2 Å².